The van der Waals surface area contributed by atoms with Crippen LogP contribution in [0.2, 0.25) is 0 Å². The molecule has 10 heteroatoms. The number of nitrogens with zero attached hydrogens (tertiary/aromatic N) is 5. The van der Waals surface area contributed by atoms with Crippen LogP contribution in [0.5, 0.6) is 0 Å². The standard InChI is InChI=1S/C10H9ClN6O3/c1-16-8-7(9(18)14-10(16)19)17(4-12-8)3-5-13-6(2-11)20-15-5/h4H,2-3H2,1H3,(H,14,18,19). The van der Waals surface area contributed by atoms with Crippen molar-refractivity contribution in [3.8, 4) is 0 Å². The molecule has 0 aliphatic carbocycles. The lowest BCUT2D eigenvalue weighted by Crippen LogP contribution is -2.29. The largest absolute Gasteiger partial charge is 0.338 e. The van der Waals surface area contributed by atoms with E-state index in [-0.39, 0.29) is 17.9 Å². The number of nitrogens with one attached hydrogen (secondary N) is 1. The van der Waals surface area contributed by atoms with E-state index in [0.717, 1.165) is 0 Å². The van der Waals surface area contributed by atoms with Crippen molar-refractivity contribution in [2.24, 2.45) is 7.05 Å². The number of aromatic nitrogens is 6. The van der Waals surface area contributed by atoms with Gasteiger partial charge in [-0.2, -0.15) is 4.98 Å². The highest BCUT2D eigenvalue weighted by Gasteiger charge is 2.13. The maximum Gasteiger partial charge on any atom is 0.329 e. The van der Waals surface area contributed by atoms with Gasteiger partial charge in [0.25, 0.3) is 5.56 Å². The van der Waals surface area contributed by atoms with Gasteiger partial charge in [-0.05, 0) is 0 Å². The van der Waals surface area contributed by atoms with Crippen molar-refractivity contribution in [3.05, 3.63) is 38.9 Å². The van der Waals surface area contributed by atoms with E-state index in [9.17, 15) is 9.59 Å². The van der Waals surface area contributed by atoms with Crippen molar-refractivity contribution in [3.63, 3.8) is 0 Å². The number of aryl methyl sites for hydroxylation is 1. The molecule has 0 atom stereocenters. The van der Waals surface area contributed by atoms with Gasteiger partial charge < -0.3 is 9.09 Å². The Morgan fingerprint density at radius 1 is 1.45 bits per heavy atom. The van der Waals surface area contributed by atoms with Crippen LogP contribution in [-0.4, -0.2) is 29.2 Å². The first-order chi connectivity index (χ1) is 9.60. The zero-order chi connectivity index (χ0) is 14.3. The van der Waals surface area contributed by atoms with E-state index in [2.05, 4.69) is 20.1 Å². The Labute approximate surface area is 115 Å². The minimum Gasteiger partial charge on any atom is -0.338 e. The lowest BCUT2D eigenvalue weighted by molar-refractivity contribution is 0.383. The van der Waals surface area contributed by atoms with Crippen LogP contribution in [0.4, 0.5) is 0 Å². The number of fused-ring (bicyclic) bond motifs is 1. The van der Waals surface area contributed by atoms with E-state index in [1.165, 1.54) is 22.5 Å². The van der Waals surface area contributed by atoms with Crippen molar-refractivity contribution in [2.45, 2.75) is 12.4 Å². The first-order valence-corrected chi connectivity index (χ1v) is 6.15. The Balaban J connectivity index is 2.11. The first kappa shape index (κ1) is 12.6. The number of aromatic amines is 1. The summed E-state index contributed by atoms with van der Waals surface area (Å²) in [4.78, 5) is 33.7. The fourth-order valence-electron chi connectivity index (χ4n) is 1.87. The average Bonchev–Trinajstić information content (AvgIpc) is 3.04. The highest BCUT2D eigenvalue weighted by atomic mass is 35.5. The van der Waals surface area contributed by atoms with E-state index < -0.39 is 11.2 Å². The third-order valence-electron chi connectivity index (χ3n) is 2.81. The van der Waals surface area contributed by atoms with Crippen LogP contribution >= 0.6 is 11.6 Å². The summed E-state index contributed by atoms with van der Waals surface area (Å²) in [5.74, 6) is 0.785. The number of alkyl halides is 1. The van der Waals surface area contributed by atoms with E-state index in [4.69, 9.17) is 16.1 Å². The molecule has 9 nitrogen and oxygen atoms in total. The molecule has 0 spiro atoms. The third kappa shape index (κ3) is 1.92. The number of rotatable bonds is 3. The normalized spacial score (nSPS) is 11.3. The van der Waals surface area contributed by atoms with Gasteiger partial charge in [-0.3, -0.25) is 14.3 Å². The van der Waals surface area contributed by atoms with Crippen molar-refractivity contribution in [1.29, 1.82) is 0 Å². The van der Waals surface area contributed by atoms with E-state index in [0.29, 0.717) is 17.4 Å². The van der Waals surface area contributed by atoms with Gasteiger partial charge >= 0.3 is 5.69 Å². The molecular weight excluding hydrogens is 288 g/mol. The molecule has 104 valence electrons. The van der Waals surface area contributed by atoms with Crippen LogP contribution < -0.4 is 11.2 Å². The minimum absolute atomic E-state index is 0.118. The van der Waals surface area contributed by atoms with Crippen molar-refractivity contribution in [2.75, 3.05) is 0 Å². The second kappa shape index (κ2) is 4.60. The van der Waals surface area contributed by atoms with E-state index in [1.807, 2.05) is 0 Å². The second-order valence-electron chi connectivity index (χ2n) is 4.10. The molecular formula is C10H9ClN6O3. The minimum atomic E-state index is -0.517. The van der Waals surface area contributed by atoms with Crippen LogP contribution in [0.25, 0.3) is 11.2 Å². The molecule has 20 heavy (non-hydrogen) atoms. The molecule has 3 aromatic heterocycles. The predicted octanol–water partition coefficient (Wildman–Crippen LogP) is -0.407. The van der Waals surface area contributed by atoms with Gasteiger partial charge in [0.05, 0.1) is 12.9 Å². The highest BCUT2D eigenvalue weighted by molar-refractivity contribution is 6.16. The summed E-state index contributed by atoms with van der Waals surface area (Å²) >= 11 is 5.57. The Morgan fingerprint density at radius 2 is 2.25 bits per heavy atom. The SMILES string of the molecule is Cn1c(=O)[nH]c(=O)c2c1ncn2Cc1noc(CCl)n1. The van der Waals surface area contributed by atoms with Crippen molar-refractivity contribution < 1.29 is 4.52 Å². The average molecular weight is 297 g/mol. The molecule has 0 unspecified atom stereocenters. The number of imidazole rings is 1. The quantitative estimate of drug-likeness (QED) is 0.658. The van der Waals surface area contributed by atoms with Crippen LogP contribution in [0, 0.1) is 0 Å². The summed E-state index contributed by atoms with van der Waals surface area (Å²) in [6.45, 7) is 0.193. The topological polar surface area (TPSA) is 112 Å². The molecule has 0 bridgehead atoms. The van der Waals surface area contributed by atoms with Crippen LogP contribution in [0.15, 0.2) is 20.4 Å². The summed E-state index contributed by atoms with van der Waals surface area (Å²) in [6, 6.07) is 0. The molecule has 3 heterocycles. The van der Waals surface area contributed by atoms with Gasteiger partial charge in [0.2, 0.25) is 5.89 Å². The van der Waals surface area contributed by atoms with Gasteiger partial charge in [0.15, 0.2) is 17.0 Å². The van der Waals surface area contributed by atoms with Gasteiger partial charge in [-0.25, -0.2) is 9.78 Å². The summed E-state index contributed by atoms with van der Waals surface area (Å²) < 4.78 is 7.68. The lowest BCUT2D eigenvalue weighted by atomic mass is 10.5. The molecule has 1 N–H and O–H groups in total. The van der Waals surface area contributed by atoms with Crippen LogP contribution in [0.1, 0.15) is 11.7 Å². The van der Waals surface area contributed by atoms with Crippen LogP contribution in [0.3, 0.4) is 0 Å². The van der Waals surface area contributed by atoms with Gasteiger partial charge in [-0.1, -0.05) is 5.16 Å². The molecule has 0 saturated carbocycles. The summed E-state index contributed by atoms with van der Waals surface area (Å²) in [5, 5.41) is 3.74. The molecule has 0 amide bonds. The Bertz CT molecular complexity index is 888. The fourth-order valence-corrected chi connectivity index (χ4v) is 1.97. The van der Waals surface area contributed by atoms with Gasteiger partial charge in [0, 0.05) is 7.05 Å². The predicted molar refractivity (Wildman–Crippen MR) is 68.6 cm³/mol. The van der Waals surface area contributed by atoms with Crippen molar-refractivity contribution >= 4 is 22.8 Å². The molecule has 0 aliphatic heterocycles. The molecule has 0 aliphatic rings. The second-order valence-corrected chi connectivity index (χ2v) is 4.37. The monoisotopic (exact) mass is 296 g/mol. The highest BCUT2D eigenvalue weighted by Crippen LogP contribution is 2.08. The zero-order valence-corrected chi connectivity index (χ0v) is 11.1. The molecule has 3 rings (SSSR count). The van der Waals surface area contributed by atoms with Gasteiger partial charge in [0.1, 0.15) is 5.88 Å². The Hall–Kier alpha value is -2.42. The van der Waals surface area contributed by atoms with Gasteiger partial charge in [-0.15, -0.1) is 11.6 Å². The van der Waals surface area contributed by atoms with E-state index in [1.54, 1.807) is 0 Å². The number of halogens is 1. The third-order valence-corrected chi connectivity index (χ3v) is 3.04. The smallest absolute Gasteiger partial charge is 0.329 e. The number of hydrogen-bond acceptors (Lipinski definition) is 6. The summed E-state index contributed by atoms with van der Waals surface area (Å²) in [6.07, 6.45) is 1.44. The van der Waals surface area contributed by atoms with Crippen molar-refractivity contribution in [1.82, 2.24) is 29.2 Å². The molecule has 0 saturated heterocycles. The maximum absolute atomic E-state index is 11.9. The fraction of sp³-hybridized carbons (Fsp3) is 0.300. The number of hydrogen-bond donors (Lipinski definition) is 1. The molecule has 0 aromatic carbocycles. The summed E-state index contributed by atoms with van der Waals surface area (Å²) in [7, 11) is 1.53. The molecule has 0 radical (unpaired) electrons. The Kier molecular flexibility index (Phi) is 2.90. The number of H-pyrrole nitrogens is 1. The van der Waals surface area contributed by atoms with Crippen LogP contribution in [-0.2, 0) is 19.5 Å². The van der Waals surface area contributed by atoms with E-state index >= 15 is 0 Å². The molecule has 3 aromatic rings. The first-order valence-electron chi connectivity index (χ1n) is 5.61. The maximum atomic E-state index is 11.9. The zero-order valence-electron chi connectivity index (χ0n) is 10.3. The Morgan fingerprint density at radius 3 is 2.95 bits per heavy atom. The molecule has 0 fully saturated rings. The summed E-state index contributed by atoms with van der Waals surface area (Å²) in [5.41, 5.74) is -0.470. The lowest BCUT2D eigenvalue weighted by Gasteiger charge is -2.00.